The number of carbonyl (C=O) groups excluding carboxylic acids is 2. The van der Waals surface area contributed by atoms with Crippen LogP contribution >= 0.6 is 0 Å². The Balaban J connectivity index is 2.56. The van der Waals surface area contributed by atoms with Crippen LogP contribution in [0.4, 0.5) is 9.59 Å². The highest BCUT2D eigenvalue weighted by Crippen LogP contribution is 2.18. The van der Waals surface area contributed by atoms with E-state index in [1.54, 1.807) is 0 Å². The van der Waals surface area contributed by atoms with Crippen LogP contribution in [0.3, 0.4) is 0 Å². The van der Waals surface area contributed by atoms with Crippen LogP contribution < -0.4 is 11.5 Å². The van der Waals surface area contributed by atoms with Crippen molar-refractivity contribution in [2.24, 2.45) is 11.5 Å². The van der Waals surface area contributed by atoms with Crippen LogP contribution in [0.15, 0.2) is 0 Å². The molecule has 0 aromatic carbocycles. The van der Waals surface area contributed by atoms with Crippen LogP contribution in [0, 0.1) is 0 Å². The van der Waals surface area contributed by atoms with E-state index < -0.39 is 30.7 Å². The molecule has 5 N–H and O–H groups in total. The molecule has 0 aromatic heterocycles. The van der Waals surface area contributed by atoms with Gasteiger partial charge in [0.05, 0.1) is 6.61 Å². The van der Waals surface area contributed by atoms with Crippen LogP contribution in [-0.4, -0.2) is 42.4 Å². The molecule has 0 aliphatic carbocycles. The lowest BCUT2D eigenvalue weighted by molar-refractivity contribution is -0.114. The van der Waals surface area contributed by atoms with E-state index in [0.717, 1.165) is 0 Å². The first-order valence-electron chi connectivity index (χ1n) is 3.72. The van der Waals surface area contributed by atoms with Crippen molar-refractivity contribution in [2.75, 3.05) is 6.61 Å². The van der Waals surface area contributed by atoms with Crippen molar-refractivity contribution in [3.63, 3.8) is 0 Å². The molecule has 0 radical (unpaired) electrons. The molecule has 14 heavy (non-hydrogen) atoms. The van der Waals surface area contributed by atoms with Gasteiger partial charge < -0.3 is 30.8 Å². The van der Waals surface area contributed by atoms with Gasteiger partial charge in [0.1, 0.15) is 6.10 Å². The fourth-order valence-electron chi connectivity index (χ4n) is 1.05. The second-order valence-electron chi connectivity index (χ2n) is 2.61. The molecule has 0 bridgehead atoms. The molecule has 0 aromatic rings. The van der Waals surface area contributed by atoms with Crippen molar-refractivity contribution in [1.82, 2.24) is 0 Å². The molecule has 0 saturated carbocycles. The summed E-state index contributed by atoms with van der Waals surface area (Å²) in [7, 11) is 0. The molecule has 2 amide bonds. The average Bonchev–Trinajstić information content (AvgIpc) is 2.34. The quantitative estimate of drug-likeness (QED) is 0.491. The molecule has 1 heterocycles. The fourth-order valence-corrected chi connectivity index (χ4v) is 1.05. The summed E-state index contributed by atoms with van der Waals surface area (Å²) >= 11 is 0. The Kier molecular flexibility index (Phi) is 3.10. The van der Waals surface area contributed by atoms with Crippen LogP contribution in [0.2, 0.25) is 0 Å². The Hall–Kier alpha value is -1.54. The standard InChI is InChI=1S/C6H10N2O6/c7-5(10)13-3-2(9)1-12-4(3)14-6(8)11/h2-4,9H,1H2,(H2,7,10)(H2,8,11)/t2-,3-,4?/m1/s1. The van der Waals surface area contributed by atoms with E-state index in [1.807, 2.05) is 0 Å². The number of ether oxygens (including phenoxy) is 3. The van der Waals surface area contributed by atoms with Gasteiger partial charge in [0.25, 0.3) is 0 Å². The van der Waals surface area contributed by atoms with Gasteiger partial charge in [-0.15, -0.1) is 0 Å². The van der Waals surface area contributed by atoms with E-state index in [0.29, 0.717) is 0 Å². The van der Waals surface area contributed by atoms with E-state index in [4.69, 9.17) is 16.2 Å². The van der Waals surface area contributed by atoms with Crippen LogP contribution in [0.5, 0.6) is 0 Å². The number of hydrogen-bond donors (Lipinski definition) is 3. The molecule has 1 aliphatic rings. The molecule has 1 saturated heterocycles. The third kappa shape index (κ3) is 2.47. The normalized spacial score (nSPS) is 31.1. The maximum Gasteiger partial charge on any atom is 0.406 e. The third-order valence-corrected chi connectivity index (χ3v) is 1.56. The summed E-state index contributed by atoms with van der Waals surface area (Å²) in [5, 5.41) is 9.23. The minimum atomic E-state index is -1.21. The summed E-state index contributed by atoms with van der Waals surface area (Å²) in [6.45, 7) is -0.129. The molecule has 8 nitrogen and oxygen atoms in total. The van der Waals surface area contributed by atoms with Gasteiger partial charge in [0.15, 0.2) is 6.10 Å². The molecule has 3 atom stereocenters. The predicted molar refractivity (Wildman–Crippen MR) is 40.9 cm³/mol. The zero-order valence-electron chi connectivity index (χ0n) is 7.08. The Labute approximate surface area is 78.7 Å². The third-order valence-electron chi connectivity index (χ3n) is 1.56. The van der Waals surface area contributed by atoms with E-state index in [1.165, 1.54) is 0 Å². The van der Waals surface area contributed by atoms with Crippen molar-refractivity contribution >= 4 is 12.2 Å². The average molecular weight is 206 g/mol. The molecule has 1 unspecified atom stereocenters. The van der Waals surface area contributed by atoms with E-state index in [2.05, 4.69) is 9.47 Å². The number of aliphatic hydroxyl groups excluding tert-OH is 1. The van der Waals surface area contributed by atoms with Crippen molar-refractivity contribution in [3.05, 3.63) is 0 Å². The minimum Gasteiger partial charge on any atom is -0.437 e. The van der Waals surface area contributed by atoms with Gasteiger partial charge in [-0.25, -0.2) is 9.59 Å². The summed E-state index contributed by atoms with van der Waals surface area (Å²) in [6, 6.07) is 0. The van der Waals surface area contributed by atoms with Gasteiger partial charge in [-0.3, -0.25) is 0 Å². The number of rotatable bonds is 2. The smallest absolute Gasteiger partial charge is 0.406 e. The number of aliphatic hydroxyl groups is 1. The zero-order valence-corrected chi connectivity index (χ0v) is 7.08. The lowest BCUT2D eigenvalue weighted by Gasteiger charge is -2.18. The van der Waals surface area contributed by atoms with Crippen LogP contribution in [0.1, 0.15) is 0 Å². The first-order valence-corrected chi connectivity index (χ1v) is 3.72. The first-order chi connectivity index (χ1) is 6.50. The largest absolute Gasteiger partial charge is 0.437 e. The van der Waals surface area contributed by atoms with Gasteiger partial charge in [-0.1, -0.05) is 0 Å². The van der Waals surface area contributed by atoms with Gasteiger partial charge in [0.2, 0.25) is 6.29 Å². The number of nitrogens with two attached hydrogens (primary N) is 2. The molecular weight excluding hydrogens is 196 g/mol. The van der Waals surface area contributed by atoms with Gasteiger partial charge >= 0.3 is 12.2 Å². The lowest BCUT2D eigenvalue weighted by atomic mass is 10.2. The molecule has 80 valence electrons. The SMILES string of the molecule is NC(=O)OC1OC[C@@H](O)[C@H]1OC(N)=O. The highest BCUT2D eigenvalue weighted by atomic mass is 16.7. The lowest BCUT2D eigenvalue weighted by Crippen LogP contribution is -2.40. The molecule has 0 spiro atoms. The number of amides is 2. The summed E-state index contributed by atoms with van der Waals surface area (Å²) < 4.78 is 13.7. The zero-order chi connectivity index (χ0) is 10.7. The van der Waals surface area contributed by atoms with Crippen LogP contribution in [0.25, 0.3) is 0 Å². The van der Waals surface area contributed by atoms with Crippen LogP contribution in [-0.2, 0) is 14.2 Å². The summed E-state index contributed by atoms with van der Waals surface area (Å²) in [5.41, 5.74) is 9.44. The Morgan fingerprint density at radius 1 is 1.29 bits per heavy atom. The predicted octanol–water partition coefficient (Wildman–Crippen LogP) is -1.74. The maximum atomic E-state index is 10.4. The summed E-state index contributed by atoms with van der Waals surface area (Å²) in [4.78, 5) is 20.8. The topological polar surface area (TPSA) is 134 Å². The van der Waals surface area contributed by atoms with Gasteiger partial charge in [-0.2, -0.15) is 0 Å². The number of carbonyl (C=O) groups is 2. The number of primary amides is 2. The van der Waals surface area contributed by atoms with Crippen molar-refractivity contribution in [2.45, 2.75) is 18.5 Å². The fraction of sp³-hybridized carbons (Fsp3) is 0.667. The van der Waals surface area contributed by atoms with Gasteiger partial charge in [0, 0.05) is 0 Å². The van der Waals surface area contributed by atoms with Crippen molar-refractivity contribution in [3.8, 4) is 0 Å². The maximum absolute atomic E-state index is 10.4. The monoisotopic (exact) mass is 206 g/mol. The van der Waals surface area contributed by atoms with Crippen molar-refractivity contribution < 1.29 is 28.9 Å². The number of hydrogen-bond acceptors (Lipinski definition) is 6. The second kappa shape index (κ2) is 4.11. The first kappa shape index (κ1) is 10.5. The highest BCUT2D eigenvalue weighted by Gasteiger charge is 2.41. The van der Waals surface area contributed by atoms with E-state index in [-0.39, 0.29) is 6.61 Å². The Morgan fingerprint density at radius 3 is 2.36 bits per heavy atom. The molecule has 1 aliphatic heterocycles. The highest BCUT2D eigenvalue weighted by molar-refractivity contribution is 5.66. The summed E-state index contributed by atoms with van der Waals surface area (Å²) in [6.07, 6.45) is -5.64. The molecule has 1 rings (SSSR count). The van der Waals surface area contributed by atoms with Crippen molar-refractivity contribution in [1.29, 1.82) is 0 Å². The van der Waals surface area contributed by atoms with Gasteiger partial charge in [-0.05, 0) is 0 Å². The second-order valence-corrected chi connectivity index (χ2v) is 2.61. The van der Waals surface area contributed by atoms with E-state index in [9.17, 15) is 14.7 Å². The van der Waals surface area contributed by atoms with E-state index >= 15 is 0 Å². The molecule has 1 fully saturated rings. The molecular formula is C6H10N2O6. The summed E-state index contributed by atoms with van der Waals surface area (Å²) in [5.74, 6) is 0. The molecule has 8 heteroatoms. The Bertz CT molecular complexity index is 244. The minimum absolute atomic E-state index is 0.129. The Morgan fingerprint density at radius 2 is 1.86 bits per heavy atom.